The average molecular weight is 313 g/mol. The molecule has 0 aliphatic rings. The van der Waals surface area contributed by atoms with Crippen LogP contribution in [0.2, 0.25) is 0 Å². The van der Waals surface area contributed by atoms with Crippen molar-refractivity contribution in [3.8, 4) is 0 Å². The SMILES string of the molecule is CCCCCC(C)(C)CNC(=NC)NCC(C)(C)C(=O)NC. The van der Waals surface area contributed by atoms with E-state index < -0.39 is 5.41 Å². The molecule has 5 nitrogen and oxygen atoms in total. The molecule has 0 aromatic heterocycles. The number of hydrogen-bond acceptors (Lipinski definition) is 2. The van der Waals surface area contributed by atoms with Crippen LogP contribution in [-0.2, 0) is 4.79 Å². The molecule has 3 N–H and O–H groups in total. The van der Waals surface area contributed by atoms with Gasteiger partial charge in [-0.2, -0.15) is 0 Å². The maximum Gasteiger partial charge on any atom is 0.227 e. The second-order valence-electron chi connectivity index (χ2n) is 7.36. The van der Waals surface area contributed by atoms with E-state index in [2.05, 4.69) is 41.7 Å². The predicted octanol–water partition coefficient (Wildman–Crippen LogP) is 2.53. The lowest BCUT2D eigenvalue weighted by Crippen LogP contribution is -2.48. The Labute approximate surface area is 136 Å². The summed E-state index contributed by atoms with van der Waals surface area (Å²) in [6.45, 7) is 12.0. The Morgan fingerprint density at radius 2 is 1.64 bits per heavy atom. The van der Waals surface area contributed by atoms with Crippen molar-refractivity contribution in [1.29, 1.82) is 0 Å². The number of nitrogens with one attached hydrogen (secondary N) is 3. The van der Waals surface area contributed by atoms with Gasteiger partial charge in [0.2, 0.25) is 5.91 Å². The number of carbonyl (C=O) groups is 1. The third kappa shape index (κ3) is 8.25. The first-order valence-corrected chi connectivity index (χ1v) is 8.35. The summed E-state index contributed by atoms with van der Waals surface area (Å²) in [6.07, 6.45) is 5.01. The summed E-state index contributed by atoms with van der Waals surface area (Å²) in [4.78, 5) is 16.0. The van der Waals surface area contributed by atoms with E-state index in [1.54, 1.807) is 14.1 Å². The van der Waals surface area contributed by atoms with Crippen molar-refractivity contribution in [3.63, 3.8) is 0 Å². The van der Waals surface area contributed by atoms with Gasteiger partial charge in [-0.25, -0.2) is 0 Å². The minimum absolute atomic E-state index is 0.0235. The third-order valence-electron chi connectivity index (χ3n) is 3.95. The fraction of sp³-hybridized carbons (Fsp3) is 0.882. The van der Waals surface area contributed by atoms with Crippen molar-refractivity contribution in [2.75, 3.05) is 27.2 Å². The molecule has 0 rings (SSSR count). The quantitative estimate of drug-likeness (QED) is 0.348. The Morgan fingerprint density at radius 3 is 2.14 bits per heavy atom. The third-order valence-corrected chi connectivity index (χ3v) is 3.95. The standard InChI is InChI=1S/C17H36N4O/c1-8-9-10-11-16(2,3)12-20-15(19-7)21-13-17(4,5)14(22)18-6/h8-13H2,1-7H3,(H,18,22)(H2,19,20,21). The first-order chi connectivity index (χ1) is 10.2. The van der Waals surface area contributed by atoms with Crippen molar-refractivity contribution < 1.29 is 4.79 Å². The zero-order chi connectivity index (χ0) is 17.2. The van der Waals surface area contributed by atoms with Crippen molar-refractivity contribution in [1.82, 2.24) is 16.0 Å². The highest BCUT2D eigenvalue weighted by molar-refractivity contribution is 5.84. The molecule has 1 amide bonds. The summed E-state index contributed by atoms with van der Waals surface area (Å²) in [5.74, 6) is 0.774. The minimum atomic E-state index is -0.469. The van der Waals surface area contributed by atoms with Gasteiger partial charge in [-0.3, -0.25) is 9.79 Å². The summed E-state index contributed by atoms with van der Waals surface area (Å²) in [7, 11) is 3.42. The van der Waals surface area contributed by atoms with E-state index in [1.165, 1.54) is 25.7 Å². The lowest BCUT2D eigenvalue weighted by atomic mass is 9.87. The predicted molar refractivity (Wildman–Crippen MR) is 95.1 cm³/mol. The largest absolute Gasteiger partial charge is 0.359 e. The molecule has 0 fully saturated rings. The zero-order valence-electron chi connectivity index (χ0n) is 15.6. The maximum absolute atomic E-state index is 11.8. The fourth-order valence-electron chi connectivity index (χ4n) is 2.21. The van der Waals surface area contributed by atoms with E-state index in [-0.39, 0.29) is 11.3 Å². The van der Waals surface area contributed by atoms with Crippen LogP contribution in [0, 0.1) is 10.8 Å². The Morgan fingerprint density at radius 1 is 1.05 bits per heavy atom. The number of aliphatic imine (C=N–C) groups is 1. The smallest absolute Gasteiger partial charge is 0.227 e. The van der Waals surface area contributed by atoms with Crippen LogP contribution in [0.1, 0.15) is 60.3 Å². The van der Waals surface area contributed by atoms with Crippen LogP contribution >= 0.6 is 0 Å². The normalized spacial score (nSPS) is 13.0. The summed E-state index contributed by atoms with van der Waals surface area (Å²) < 4.78 is 0. The van der Waals surface area contributed by atoms with Crippen molar-refractivity contribution >= 4 is 11.9 Å². The highest BCUT2D eigenvalue weighted by Gasteiger charge is 2.27. The van der Waals surface area contributed by atoms with E-state index in [0.29, 0.717) is 6.54 Å². The molecule has 0 aliphatic carbocycles. The number of carbonyl (C=O) groups excluding carboxylic acids is 1. The minimum Gasteiger partial charge on any atom is -0.359 e. The van der Waals surface area contributed by atoms with Crippen molar-refractivity contribution in [2.45, 2.75) is 60.3 Å². The molecule has 0 aromatic rings. The molecular weight excluding hydrogens is 276 g/mol. The molecule has 0 unspecified atom stereocenters. The van der Waals surface area contributed by atoms with E-state index in [4.69, 9.17) is 0 Å². The van der Waals surface area contributed by atoms with Crippen LogP contribution in [0.4, 0.5) is 0 Å². The number of unbranched alkanes of at least 4 members (excludes halogenated alkanes) is 2. The van der Waals surface area contributed by atoms with Gasteiger partial charge in [0.15, 0.2) is 5.96 Å². The molecule has 5 heteroatoms. The summed E-state index contributed by atoms with van der Waals surface area (Å²) in [5, 5.41) is 9.31. The summed E-state index contributed by atoms with van der Waals surface area (Å²) in [6, 6.07) is 0. The summed E-state index contributed by atoms with van der Waals surface area (Å²) in [5.41, 5.74) is -0.230. The highest BCUT2D eigenvalue weighted by atomic mass is 16.2. The van der Waals surface area contributed by atoms with Crippen LogP contribution in [0.15, 0.2) is 4.99 Å². The number of hydrogen-bond donors (Lipinski definition) is 3. The Balaban J connectivity index is 4.31. The van der Waals surface area contributed by atoms with Gasteiger partial charge in [0.25, 0.3) is 0 Å². The van der Waals surface area contributed by atoms with E-state index >= 15 is 0 Å². The monoisotopic (exact) mass is 312 g/mol. The van der Waals surface area contributed by atoms with Gasteiger partial charge < -0.3 is 16.0 Å². The molecule has 0 radical (unpaired) electrons. The molecule has 0 heterocycles. The molecule has 0 atom stereocenters. The molecule has 0 saturated carbocycles. The second-order valence-corrected chi connectivity index (χ2v) is 7.36. The number of guanidine groups is 1. The lowest BCUT2D eigenvalue weighted by Gasteiger charge is -2.28. The van der Waals surface area contributed by atoms with Gasteiger partial charge >= 0.3 is 0 Å². The average Bonchev–Trinajstić information content (AvgIpc) is 2.46. The van der Waals surface area contributed by atoms with Crippen LogP contribution in [0.3, 0.4) is 0 Å². The lowest BCUT2D eigenvalue weighted by molar-refractivity contribution is -0.128. The van der Waals surface area contributed by atoms with Gasteiger partial charge in [-0.05, 0) is 25.7 Å². The van der Waals surface area contributed by atoms with Crippen LogP contribution in [0.25, 0.3) is 0 Å². The van der Waals surface area contributed by atoms with E-state index in [0.717, 1.165) is 12.5 Å². The van der Waals surface area contributed by atoms with Gasteiger partial charge in [0.1, 0.15) is 0 Å². The first-order valence-electron chi connectivity index (χ1n) is 8.35. The zero-order valence-corrected chi connectivity index (χ0v) is 15.6. The van der Waals surface area contributed by atoms with Gasteiger partial charge in [-0.15, -0.1) is 0 Å². The molecule has 0 spiro atoms. The van der Waals surface area contributed by atoms with E-state index in [1.807, 2.05) is 13.8 Å². The van der Waals surface area contributed by atoms with Gasteiger partial charge in [0.05, 0.1) is 5.41 Å². The topological polar surface area (TPSA) is 65.5 Å². The molecular formula is C17H36N4O. The maximum atomic E-state index is 11.8. The Bertz CT molecular complexity index is 362. The van der Waals surface area contributed by atoms with Crippen molar-refractivity contribution in [2.24, 2.45) is 15.8 Å². The summed E-state index contributed by atoms with van der Waals surface area (Å²) >= 11 is 0. The van der Waals surface area contributed by atoms with Crippen molar-refractivity contribution in [3.05, 3.63) is 0 Å². The highest BCUT2D eigenvalue weighted by Crippen LogP contribution is 2.22. The van der Waals surface area contributed by atoms with E-state index in [9.17, 15) is 4.79 Å². The molecule has 0 bridgehead atoms. The number of nitrogens with zero attached hydrogens (tertiary/aromatic N) is 1. The molecule has 130 valence electrons. The Hall–Kier alpha value is -1.26. The van der Waals surface area contributed by atoms with Gasteiger partial charge in [0, 0.05) is 27.2 Å². The Kier molecular flexibility index (Phi) is 9.14. The van der Waals surface area contributed by atoms with Crippen LogP contribution < -0.4 is 16.0 Å². The molecule has 0 aliphatic heterocycles. The van der Waals surface area contributed by atoms with Gasteiger partial charge in [-0.1, -0.05) is 40.0 Å². The van der Waals surface area contributed by atoms with Crippen LogP contribution in [0.5, 0.6) is 0 Å². The molecule has 22 heavy (non-hydrogen) atoms. The molecule has 0 saturated heterocycles. The second kappa shape index (κ2) is 9.70. The number of rotatable bonds is 9. The molecule has 0 aromatic carbocycles. The number of amides is 1. The fourth-order valence-corrected chi connectivity index (χ4v) is 2.21. The van der Waals surface area contributed by atoms with Crippen LogP contribution in [-0.4, -0.2) is 39.1 Å². The first kappa shape index (κ1) is 20.7.